The number of aromatic nitrogens is 2. The average Bonchev–Trinajstić information content (AvgIpc) is 2.72. The van der Waals surface area contributed by atoms with Gasteiger partial charge in [-0.3, -0.25) is 9.89 Å². The molecule has 1 rings (SSSR count). The number of nitrogens with one attached hydrogen (secondary N) is 2. The molecule has 108 valence electrons. The molecule has 0 fully saturated rings. The van der Waals surface area contributed by atoms with Gasteiger partial charge in [-0.2, -0.15) is 5.10 Å². The Morgan fingerprint density at radius 3 is 2.68 bits per heavy atom. The van der Waals surface area contributed by atoms with Gasteiger partial charge in [0.05, 0.1) is 13.0 Å². The Balaban J connectivity index is 2.34. The van der Waals surface area contributed by atoms with Gasteiger partial charge in [-0.25, -0.2) is 0 Å². The molecule has 0 atom stereocenters. The number of rotatable bonds is 6. The zero-order chi connectivity index (χ0) is 14.5. The Kier molecular flexibility index (Phi) is 5.54. The molecule has 19 heavy (non-hydrogen) atoms. The molecule has 0 saturated heterocycles. The van der Waals surface area contributed by atoms with Crippen LogP contribution in [0.15, 0.2) is 6.07 Å². The van der Waals surface area contributed by atoms with E-state index in [2.05, 4.69) is 50.1 Å². The molecule has 0 spiro atoms. The number of amides is 1. The molecule has 5 nitrogen and oxygen atoms in total. The van der Waals surface area contributed by atoms with Gasteiger partial charge in [0.25, 0.3) is 0 Å². The molecular weight excluding hydrogens is 242 g/mol. The SMILES string of the molecule is CC(C)COCCC(=O)Nc1cc(C(C)(C)C)[nH]n1. The Hall–Kier alpha value is -1.36. The number of aromatic amines is 1. The van der Waals surface area contributed by atoms with Gasteiger partial charge in [-0.15, -0.1) is 0 Å². The highest BCUT2D eigenvalue weighted by Gasteiger charge is 2.17. The second kappa shape index (κ2) is 6.70. The largest absolute Gasteiger partial charge is 0.381 e. The van der Waals surface area contributed by atoms with E-state index in [-0.39, 0.29) is 11.3 Å². The summed E-state index contributed by atoms with van der Waals surface area (Å²) in [4.78, 5) is 11.7. The van der Waals surface area contributed by atoms with Crippen molar-refractivity contribution in [1.29, 1.82) is 0 Å². The van der Waals surface area contributed by atoms with E-state index in [1.165, 1.54) is 0 Å². The summed E-state index contributed by atoms with van der Waals surface area (Å²) in [6, 6.07) is 1.87. The fourth-order valence-electron chi connectivity index (χ4n) is 1.46. The lowest BCUT2D eigenvalue weighted by Gasteiger charge is -2.14. The number of carbonyl (C=O) groups excluding carboxylic acids is 1. The Morgan fingerprint density at radius 1 is 1.47 bits per heavy atom. The minimum atomic E-state index is -0.0734. The average molecular weight is 267 g/mol. The molecule has 0 radical (unpaired) electrons. The van der Waals surface area contributed by atoms with Crippen molar-refractivity contribution in [2.75, 3.05) is 18.5 Å². The fraction of sp³-hybridized carbons (Fsp3) is 0.714. The van der Waals surface area contributed by atoms with Crippen LogP contribution in [-0.2, 0) is 14.9 Å². The first kappa shape index (κ1) is 15.7. The number of anilines is 1. The monoisotopic (exact) mass is 267 g/mol. The first-order valence-electron chi connectivity index (χ1n) is 6.72. The summed E-state index contributed by atoms with van der Waals surface area (Å²) in [6.45, 7) is 11.6. The van der Waals surface area contributed by atoms with Crippen molar-refractivity contribution >= 4 is 11.7 Å². The second-order valence-electron chi connectivity index (χ2n) is 6.18. The third-order valence-electron chi connectivity index (χ3n) is 2.58. The maximum atomic E-state index is 11.7. The van der Waals surface area contributed by atoms with Crippen molar-refractivity contribution in [2.24, 2.45) is 5.92 Å². The number of H-pyrrole nitrogens is 1. The van der Waals surface area contributed by atoms with Gasteiger partial charge >= 0.3 is 0 Å². The van der Waals surface area contributed by atoms with E-state index >= 15 is 0 Å². The van der Waals surface area contributed by atoms with Crippen LogP contribution in [0.2, 0.25) is 0 Å². The maximum Gasteiger partial charge on any atom is 0.227 e. The van der Waals surface area contributed by atoms with Crippen molar-refractivity contribution < 1.29 is 9.53 Å². The predicted octanol–water partition coefficient (Wildman–Crippen LogP) is 2.71. The quantitative estimate of drug-likeness (QED) is 0.779. The fourth-order valence-corrected chi connectivity index (χ4v) is 1.46. The Morgan fingerprint density at radius 2 is 2.16 bits per heavy atom. The van der Waals surface area contributed by atoms with E-state index < -0.39 is 0 Å². The van der Waals surface area contributed by atoms with Crippen LogP contribution >= 0.6 is 0 Å². The molecule has 1 aromatic heterocycles. The molecule has 1 heterocycles. The molecule has 0 unspecified atom stereocenters. The summed E-state index contributed by atoms with van der Waals surface area (Å²) in [5, 5.41) is 9.78. The van der Waals surface area contributed by atoms with Crippen LogP contribution in [0.3, 0.4) is 0 Å². The summed E-state index contributed by atoms with van der Waals surface area (Å²) in [6.07, 6.45) is 0.352. The predicted molar refractivity (Wildman–Crippen MR) is 76.2 cm³/mol. The zero-order valence-corrected chi connectivity index (χ0v) is 12.5. The van der Waals surface area contributed by atoms with Crippen molar-refractivity contribution in [3.8, 4) is 0 Å². The van der Waals surface area contributed by atoms with E-state index in [4.69, 9.17) is 4.74 Å². The number of carbonyl (C=O) groups is 1. The summed E-state index contributed by atoms with van der Waals surface area (Å²) in [7, 11) is 0. The standard InChI is InChI=1S/C14H25N3O2/c1-10(2)9-19-7-6-13(18)15-12-8-11(16-17-12)14(3,4)5/h8,10H,6-7,9H2,1-5H3,(H2,15,16,17,18). The number of hydrogen-bond donors (Lipinski definition) is 2. The highest BCUT2D eigenvalue weighted by atomic mass is 16.5. The van der Waals surface area contributed by atoms with E-state index in [1.807, 2.05) is 6.07 Å². The Bertz CT molecular complexity index is 405. The third kappa shape index (κ3) is 5.87. The minimum absolute atomic E-state index is 0.00362. The molecule has 0 saturated carbocycles. The van der Waals surface area contributed by atoms with Crippen LogP contribution in [0.4, 0.5) is 5.82 Å². The molecule has 5 heteroatoms. The third-order valence-corrected chi connectivity index (χ3v) is 2.58. The van der Waals surface area contributed by atoms with Crippen molar-refractivity contribution in [3.05, 3.63) is 11.8 Å². The van der Waals surface area contributed by atoms with Gasteiger partial charge in [0, 0.05) is 23.8 Å². The highest BCUT2D eigenvalue weighted by Crippen LogP contribution is 2.21. The summed E-state index contributed by atoms with van der Waals surface area (Å²) < 4.78 is 5.37. The summed E-state index contributed by atoms with van der Waals surface area (Å²) >= 11 is 0. The topological polar surface area (TPSA) is 67.0 Å². The van der Waals surface area contributed by atoms with Crippen molar-refractivity contribution in [3.63, 3.8) is 0 Å². The number of nitrogens with zero attached hydrogens (tertiary/aromatic N) is 1. The van der Waals surface area contributed by atoms with Crippen molar-refractivity contribution in [2.45, 2.75) is 46.5 Å². The molecule has 0 bridgehead atoms. The van der Waals surface area contributed by atoms with Gasteiger partial charge in [0.1, 0.15) is 0 Å². The first-order chi connectivity index (χ1) is 8.79. The lowest BCUT2D eigenvalue weighted by molar-refractivity contribution is -0.117. The van der Waals surface area contributed by atoms with Crippen LogP contribution in [0, 0.1) is 5.92 Å². The van der Waals surface area contributed by atoms with Crippen LogP contribution in [0.25, 0.3) is 0 Å². The highest BCUT2D eigenvalue weighted by molar-refractivity contribution is 5.89. The molecule has 0 aliphatic rings. The van der Waals surface area contributed by atoms with Crippen LogP contribution in [0.1, 0.15) is 46.7 Å². The van der Waals surface area contributed by atoms with Crippen LogP contribution < -0.4 is 5.32 Å². The van der Waals surface area contributed by atoms with E-state index in [9.17, 15) is 4.79 Å². The number of hydrogen-bond acceptors (Lipinski definition) is 3. The zero-order valence-electron chi connectivity index (χ0n) is 12.5. The molecule has 1 amide bonds. The van der Waals surface area contributed by atoms with E-state index in [1.54, 1.807) is 0 Å². The second-order valence-corrected chi connectivity index (χ2v) is 6.18. The van der Waals surface area contributed by atoms with Crippen molar-refractivity contribution in [1.82, 2.24) is 10.2 Å². The molecule has 0 aliphatic carbocycles. The van der Waals surface area contributed by atoms with Gasteiger partial charge in [0.2, 0.25) is 5.91 Å². The van der Waals surface area contributed by atoms with E-state index in [0.717, 1.165) is 5.69 Å². The molecule has 2 N–H and O–H groups in total. The van der Waals surface area contributed by atoms with Crippen LogP contribution in [-0.4, -0.2) is 29.3 Å². The van der Waals surface area contributed by atoms with E-state index in [0.29, 0.717) is 31.4 Å². The van der Waals surface area contributed by atoms with Gasteiger partial charge in [-0.1, -0.05) is 34.6 Å². The van der Waals surface area contributed by atoms with Gasteiger partial charge in [0.15, 0.2) is 5.82 Å². The number of ether oxygens (including phenoxy) is 1. The lowest BCUT2D eigenvalue weighted by atomic mass is 9.92. The first-order valence-corrected chi connectivity index (χ1v) is 6.72. The normalized spacial score (nSPS) is 11.9. The summed E-state index contributed by atoms with van der Waals surface area (Å²) in [5.41, 5.74) is 0.995. The minimum Gasteiger partial charge on any atom is -0.381 e. The van der Waals surface area contributed by atoms with Gasteiger partial charge < -0.3 is 10.1 Å². The molecule has 1 aromatic rings. The molecule has 0 aromatic carbocycles. The molecule has 0 aliphatic heterocycles. The lowest BCUT2D eigenvalue weighted by Crippen LogP contribution is -2.15. The van der Waals surface area contributed by atoms with Gasteiger partial charge in [-0.05, 0) is 5.92 Å². The van der Waals surface area contributed by atoms with Crippen LogP contribution in [0.5, 0.6) is 0 Å². The molecular formula is C14H25N3O2. The smallest absolute Gasteiger partial charge is 0.227 e. The maximum absolute atomic E-state index is 11.7. The summed E-state index contributed by atoms with van der Waals surface area (Å²) in [5.74, 6) is 0.984. The Labute approximate surface area is 115 Å².